The number of ether oxygens (including phenoxy) is 2. The standard InChI is InChI=1S/2C19H24O5S.Ca/c2*1-2-3-4-5-6-8-15-9-7-10-18(20)19(15)24-16-11-13-17(14-12-16)25(21,22)23;/h2*7,9-14,20H,2-6,8H2,1H3,(H,21,22,23);/q;;+2/p-2. The van der Waals surface area contributed by atoms with Crippen LogP contribution >= 0.6 is 0 Å². The maximum atomic E-state index is 12.1. The van der Waals surface area contributed by atoms with E-state index in [1.165, 1.54) is 93.1 Å². The molecule has 0 fully saturated rings. The first-order valence-corrected chi connectivity index (χ1v) is 19.8. The van der Waals surface area contributed by atoms with Crippen molar-refractivity contribution in [3.05, 3.63) is 96.1 Å². The Bertz CT molecular complexity index is 1710. The minimum absolute atomic E-state index is 0. The van der Waals surface area contributed by atoms with Crippen molar-refractivity contribution in [3.63, 3.8) is 0 Å². The molecule has 10 nitrogen and oxygen atoms in total. The number of aryl methyl sites for hydroxylation is 2. The van der Waals surface area contributed by atoms with Crippen LogP contribution in [0.1, 0.15) is 89.2 Å². The average Bonchev–Trinajstić information content (AvgIpc) is 3.07. The van der Waals surface area contributed by atoms with Crippen molar-refractivity contribution in [3.8, 4) is 34.5 Å². The third-order valence-corrected chi connectivity index (χ3v) is 9.63. The Balaban J connectivity index is 0.000000347. The van der Waals surface area contributed by atoms with E-state index in [1.807, 2.05) is 12.1 Å². The zero-order chi connectivity index (χ0) is 36.6. The Morgan fingerprint density at radius 2 is 1.02 bits per heavy atom. The molecule has 0 saturated heterocycles. The molecule has 51 heavy (non-hydrogen) atoms. The van der Waals surface area contributed by atoms with Gasteiger partial charge in [0.1, 0.15) is 27.4 Å². The van der Waals surface area contributed by atoms with E-state index in [0.29, 0.717) is 17.2 Å². The van der Waals surface area contributed by atoms with Gasteiger partial charge in [0.2, 0.25) is 0 Å². The summed E-state index contributed by atoms with van der Waals surface area (Å²) < 4.78 is 75.5. The van der Waals surface area contributed by atoms with Gasteiger partial charge in [-0.15, -0.1) is 0 Å². The summed E-state index contributed by atoms with van der Waals surface area (Å²) in [7, 11) is -8.73. The number of hydrogen-bond donors (Lipinski definition) is 2. The summed E-state index contributed by atoms with van der Waals surface area (Å²) in [5, 5.41) is 22.3. The molecule has 0 spiro atoms. The quantitative estimate of drug-likeness (QED) is 0.0568. The SMILES string of the molecule is CCCCCCCc1cccc(O)c1Oc1ccc(S(=O)(=O)O)cc1.CCCCCCCc1cccc([O-])c1Oc1ccc(S(=O)(=O)[O-])cc1.[Ca+2]. The predicted molar refractivity (Wildman–Crippen MR) is 195 cm³/mol. The van der Waals surface area contributed by atoms with Crippen LogP contribution < -0.4 is 14.6 Å². The third-order valence-electron chi connectivity index (χ3n) is 7.91. The molecule has 0 aliphatic heterocycles. The number of rotatable bonds is 18. The third kappa shape index (κ3) is 15.3. The monoisotopic (exact) mass is 766 g/mol. The number of benzene rings is 4. The molecule has 0 aliphatic rings. The summed E-state index contributed by atoms with van der Waals surface area (Å²) in [5.74, 6) is 1.19. The van der Waals surface area contributed by atoms with Crippen molar-refractivity contribution in [2.45, 2.75) is 101 Å². The largest absolute Gasteiger partial charge is 2.00 e. The molecule has 2 N–H and O–H groups in total. The number of phenols is 1. The van der Waals surface area contributed by atoms with Gasteiger partial charge in [-0.3, -0.25) is 4.55 Å². The minimum atomic E-state index is -4.50. The van der Waals surface area contributed by atoms with Crippen LogP contribution in [0.2, 0.25) is 0 Å². The normalized spacial score (nSPS) is 11.2. The van der Waals surface area contributed by atoms with Gasteiger partial charge in [-0.1, -0.05) is 101 Å². The maximum absolute atomic E-state index is 12.1. The van der Waals surface area contributed by atoms with Crippen LogP contribution in [0.4, 0.5) is 0 Å². The van der Waals surface area contributed by atoms with E-state index in [4.69, 9.17) is 14.0 Å². The number of para-hydroxylation sites is 2. The predicted octanol–water partition coefficient (Wildman–Crippen LogP) is 8.53. The molecule has 4 rings (SSSR count). The van der Waals surface area contributed by atoms with Gasteiger partial charge in [0, 0.05) is 0 Å². The summed E-state index contributed by atoms with van der Waals surface area (Å²) >= 11 is 0. The topological polar surface area (TPSA) is 173 Å². The molecule has 0 saturated carbocycles. The Labute approximate surface area is 332 Å². The molecule has 4 aromatic carbocycles. The number of phenolic OH excluding ortho intramolecular Hbond substituents is 1. The maximum Gasteiger partial charge on any atom is 2.00 e. The minimum Gasteiger partial charge on any atom is -0.870 e. The molecule has 0 atom stereocenters. The number of hydrogen-bond acceptors (Lipinski definition) is 9. The van der Waals surface area contributed by atoms with Crippen molar-refractivity contribution >= 4 is 58.0 Å². The molecule has 13 heteroatoms. The van der Waals surface area contributed by atoms with Crippen molar-refractivity contribution in [2.24, 2.45) is 0 Å². The van der Waals surface area contributed by atoms with Gasteiger partial charge in [0.25, 0.3) is 10.1 Å². The summed E-state index contributed by atoms with van der Waals surface area (Å²) in [4.78, 5) is -0.528. The Morgan fingerprint density at radius 1 is 0.588 bits per heavy atom. The van der Waals surface area contributed by atoms with Crippen molar-refractivity contribution < 1.29 is 45.6 Å². The van der Waals surface area contributed by atoms with E-state index in [-0.39, 0.29) is 64.8 Å². The van der Waals surface area contributed by atoms with Gasteiger partial charge in [-0.05, 0) is 91.4 Å². The fourth-order valence-electron chi connectivity index (χ4n) is 5.19. The second-order valence-corrected chi connectivity index (χ2v) is 14.7. The van der Waals surface area contributed by atoms with Crippen LogP contribution in [0, 0.1) is 0 Å². The molecule has 0 bridgehead atoms. The Kier molecular flexibility index (Phi) is 19.4. The van der Waals surface area contributed by atoms with E-state index in [0.717, 1.165) is 49.7 Å². The van der Waals surface area contributed by atoms with Crippen LogP contribution in [-0.4, -0.2) is 68.8 Å². The zero-order valence-electron chi connectivity index (χ0n) is 29.3. The van der Waals surface area contributed by atoms with Crippen molar-refractivity contribution in [2.75, 3.05) is 0 Å². The van der Waals surface area contributed by atoms with E-state index >= 15 is 0 Å². The Hall–Kier alpha value is -2.84. The number of aromatic hydroxyl groups is 1. The second kappa shape index (κ2) is 22.3. The van der Waals surface area contributed by atoms with Gasteiger partial charge >= 0.3 is 37.7 Å². The molecule has 0 aromatic heterocycles. The molecular formula is C38H46CaO10S2. The molecule has 0 aliphatic carbocycles. The molecule has 0 unspecified atom stereocenters. The van der Waals surface area contributed by atoms with Gasteiger partial charge in [-0.2, -0.15) is 8.42 Å². The smallest absolute Gasteiger partial charge is 0.870 e. The van der Waals surface area contributed by atoms with Crippen LogP contribution in [-0.2, 0) is 33.1 Å². The first kappa shape index (κ1) is 44.3. The van der Waals surface area contributed by atoms with Crippen LogP contribution in [0.25, 0.3) is 0 Å². The fourth-order valence-corrected chi connectivity index (χ4v) is 6.14. The summed E-state index contributed by atoms with van der Waals surface area (Å²) in [5.41, 5.74) is 1.75. The summed E-state index contributed by atoms with van der Waals surface area (Å²) in [6.07, 6.45) is 13.0. The summed E-state index contributed by atoms with van der Waals surface area (Å²) in [6.45, 7) is 4.34. The van der Waals surface area contributed by atoms with E-state index in [1.54, 1.807) is 18.2 Å². The molecule has 0 radical (unpaired) electrons. The molecular weight excluding hydrogens is 721 g/mol. The van der Waals surface area contributed by atoms with E-state index in [9.17, 15) is 31.6 Å². The molecule has 0 amide bonds. The molecule has 0 heterocycles. The number of unbranched alkanes of at least 4 members (excludes halogenated alkanes) is 8. The van der Waals surface area contributed by atoms with Gasteiger partial charge in [0.15, 0.2) is 11.5 Å². The van der Waals surface area contributed by atoms with Gasteiger partial charge in [-0.25, -0.2) is 8.42 Å². The zero-order valence-corrected chi connectivity index (χ0v) is 33.1. The Morgan fingerprint density at radius 3 is 1.49 bits per heavy atom. The van der Waals surface area contributed by atoms with Gasteiger partial charge in [0.05, 0.1) is 9.79 Å². The first-order valence-electron chi connectivity index (χ1n) is 16.9. The van der Waals surface area contributed by atoms with Crippen molar-refractivity contribution in [1.82, 2.24) is 0 Å². The van der Waals surface area contributed by atoms with Crippen LogP contribution in [0.3, 0.4) is 0 Å². The molecule has 272 valence electrons. The van der Waals surface area contributed by atoms with E-state index in [2.05, 4.69) is 13.8 Å². The van der Waals surface area contributed by atoms with Crippen molar-refractivity contribution in [1.29, 1.82) is 0 Å². The van der Waals surface area contributed by atoms with Crippen LogP contribution in [0.15, 0.2) is 94.7 Å². The van der Waals surface area contributed by atoms with Crippen LogP contribution in [0.5, 0.6) is 34.5 Å². The molecule has 4 aromatic rings. The first-order chi connectivity index (χ1) is 23.8. The average molecular weight is 767 g/mol. The second-order valence-electron chi connectivity index (χ2n) is 11.9. The summed E-state index contributed by atoms with van der Waals surface area (Å²) in [6, 6.07) is 20.8. The van der Waals surface area contributed by atoms with E-state index < -0.39 is 20.2 Å². The van der Waals surface area contributed by atoms with Gasteiger partial charge < -0.3 is 24.2 Å². The fraction of sp³-hybridized carbons (Fsp3) is 0.368.